The lowest BCUT2D eigenvalue weighted by Crippen LogP contribution is -2.46. The van der Waals surface area contributed by atoms with Gasteiger partial charge in [0.25, 0.3) is 0 Å². The number of sulfone groups is 1. The number of ether oxygens (including phenoxy) is 1. The monoisotopic (exact) mass is 379 g/mol. The van der Waals surface area contributed by atoms with Crippen molar-refractivity contribution in [1.82, 2.24) is 10.9 Å². The molecule has 1 atom stereocenters. The Balaban J connectivity index is 1.78. The fraction of sp³-hybridized carbons (Fsp3) is 0.385. The summed E-state index contributed by atoms with van der Waals surface area (Å²) >= 11 is 4.97. The first-order chi connectivity index (χ1) is 11.2. The van der Waals surface area contributed by atoms with Crippen LogP contribution in [0.3, 0.4) is 0 Å². The summed E-state index contributed by atoms with van der Waals surface area (Å²) in [5.41, 5.74) is 5.29. The third-order valence-electron chi connectivity index (χ3n) is 3.24. The predicted octanol–water partition coefficient (Wildman–Crippen LogP) is 1.04. The number of rotatable bonds is 4. The SMILES string of the molecule is O=C(NNC(=S)Nc1ccc(OC(F)F)cc1)[C@@H]1CCS(=O)(=O)C1. The van der Waals surface area contributed by atoms with Crippen LogP contribution >= 0.6 is 12.2 Å². The smallest absolute Gasteiger partial charge is 0.387 e. The molecule has 0 spiro atoms. The zero-order valence-electron chi connectivity index (χ0n) is 12.3. The van der Waals surface area contributed by atoms with Crippen LogP contribution in [-0.2, 0) is 14.6 Å². The molecular weight excluding hydrogens is 364 g/mol. The van der Waals surface area contributed by atoms with Crippen LogP contribution in [0.15, 0.2) is 24.3 Å². The number of halogens is 2. The highest BCUT2D eigenvalue weighted by Gasteiger charge is 2.32. The molecule has 0 bridgehead atoms. The highest BCUT2D eigenvalue weighted by molar-refractivity contribution is 7.91. The molecule has 1 aliphatic rings. The van der Waals surface area contributed by atoms with E-state index in [4.69, 9.17) is 12.2 Å². The Morgan fingerprint density at radius 2 is 1.92 bits per heavy atom. The number of carbonyl (C=O) groups excluding carboxylic acids is 1. The largest absolute Gasteiger partial charge is 0.435 e. The Bertz CT molecular complexity index is 710. The van der Waals surface area contributed by atoms with E-state index in [0.717, 1.165) is 0 Å². The summed E-state index contributed by atoms with van der Waals surface area (Å²) in [6.07, 6.45) is 0.279. The maximum Gasteiger partial charge on any atom is 0.387 e. The first kappa shape index (κ1) is 18.3. The molecule has 7 nitrogen and oxygen atoms in total. The Kier molecular flexibility index (Phi) is 5.89. The molecule has 1 aliphatic heterocycles. The minimum atomic E-state index is -3.14. The number of nitrogens with one attached hydrogen (secondary N) is 3. The van der Waals surface area contributed by atoms with E-state index in [9.17, 15) is 22.0 Å². The van der Waals surface area contributed by atoms with Gasteiger partial charge in [0.2, 0.25) is 5.91 Å². The number of alkyl halides is 2. The number of thiocarbonyl (C=S) groups is 1. The van der Waals surface area contributed by atoms with Crippen molar-refractivity contribution in [3.63, 3.8) is 0 Å². The summed E-state index contributed by atoms with van der Waals surface area (Å²) in [5.74, 6) is -1.23. The third-order valence-corrected chi connectivity index (χ3v) is 5.21. The van der Waals surface area contributed by atoms with Crippen molar-refractivity contribution in [1.29, 1.82) is 0 Å². The number of hydrogen-bond acceptors (Lipinski definition) is 5. The van der Waals surface area contributed by atoms with Gasteiger partial charge in [-0.3, -0.25) is 15.6 Å². The highest BCUT2D eigenvalue weighted by Crippen LogP contribution is 2.18. The van der Waals surface area contributed by atoms with Crippen molar-refractivity contribution in [2.45, 2.75) is 13.0 Å². The molecule has 0 aromatic heterocycles. The number of hydrogen-bond donors (Lipinski definition) is 3. The molecule has 11 heteroatoms. The minimum absolute atomic E-state index is 0.000813. The van der Waals surface area contributed by atoms with Gasteiger partial charge >= 0.3 is 6.61 Å². The maximum absolute atomic E-state index is 12.0. The van der Waals surface area contributed by atoms with Gasteiger partial charge in [0.15, 0.2) is 14.9 Å². The Hall–Kier alpha value is -2.01. The molecule has 1 aromatic carbocycles. The van der Waals surface area contributed by atoms with Crippen LogP contribution < -0.4 is 20.9 Å². The minimum Gasteiger partial charge on any atom is -0.435 e. The zero-order chi connectivity index (χ0) is 17.7. The van der Waals surface area contributed by atoms with E-state index in [-0.39, 0.29) is 28.8 Å². The fourth-order valence-electron chi connectivity index (χ4n) is 2.10. The van der Waals surface area contributed by atoms with Crippen LogP contribution in [-0.4, -0.2) is 37.6 Å². The van der Waals surface area contributed by atoms with Crippen LogP contribution in [0.2, 0.25) is 0 Å². The molecule has 1 heterocycles. The van der Waals surface area contributed by atoms with Gasteiger partial charge in [0, 0.05) is 5.69 Å². The summed E-state index contributed by atoms with van der Waals surface area (Å²) in [6.45, 7) is -2.90. The van der Waals surface area contributed by atoms with E-state index in [1.807, 2.05) is 0 Å². The van der Waals surface area contributed by atoms with Crippen molar-refractivity contribution in [3.05, 3.63) is 24.3 Å². The molecule has 1 saturated heterocycles. The summed E-state index contributed by atoms with van der Waals surface area (Å²) in [6, 6.07) is 5.60. The van der Waals surface area contributed by atoms with Gasteiger partial charge in [-0.1, -0.05) is 0 Å². The van der Waals surface area contributed by atoms with E-state index >= 15 is 0 Å². The topological polar surface area (TPSA) is 96.5 Å². The second-order valence-corrected chi connectivity index (χ2v) is 7.71. The second kappa shape index (κ2) is 7.71. The average Bonchev–Trinajstić information content (AvgIpc) is 2.86. The van der Waals surface area contributed by atoms with Gasteiger partial charge in [-0.05, 0) is 42.9 Å². The number of amides is 1. The van der Waals surface area contributed by atoms with Crippen molar-refractivity contribution in [3.8, 4) is 5.75 Å². The van der Waals surface area contributed by atoms with Crippen molar-refractivity contribution in [2.24, 2.45) is 5.92 Å². The Morgan fingerprint density at radius 3 is 2.46 bits per heavy atom. The van der Waals surface area contributed by atoms with E-state index in [1.165, 1.54) is 24.3 Å². The molecule has 1 fully saturated rings. The normalized spacial score (nSPS) is 18.9. The molecule has 2 rings (SSSR count). The molecule has 0 radical (unpaired) electrons. The summed E-state index contributed by atoms with van der Waals surface area (Å²) in [4.78, 5) is 11.8. The van der Waals surface area contributed by atoms with Crippen molar-refractivity contribution < 1.29 is 26.7 Å². The molecule has 1 aromatic rings. The van der Waals surface area contributed by atoms with Gasteiger partial charge in [-0.25, -0.2) is 8.42 Å². The molecule has 1 amide bonds. The Morgan fingerprint density at radius 1 is 1.25 bits per heavy atom. The first-order valence-electron chi connectivity index (χ1n) is 6.87. The Labute approximate surface area is 142 Å². The quantitative estimate of drug-likeness (QED) is 0.531. The lowest BCUT2D eigenvalue weighted by molar-refractivity contribution is -0.124. The average molecular weight is 379 g/mol. The number of hydrazine groups is 1. The van der Waals surface area contributed by atoms with Crippen molar-refractivity contribution in [2.75, 3.05) is 16.8 Å². The lowest BCUT2D eigenvalue weighted by Gasteiger charge is -2.14. The van der Waals surface area contributed by atoms with E-state index in [2.05, 4.69) is 20.9 Å². The number of benzene rings is 1. The number of carbonyl (C=O) groups is 1. The standard InChI is InChI=1S/C13H15F2N3O4S2/c14-12(15)22-10-3-1-9(2-4-10)16-13(23)18-17-11(19)8-5-6-24(20,21)7-8/h1-4,8,12H,5-7H2,(H,17,19)(H2,16,18,23)/t8-/m1/s1. The molecule has 0 unspecified atom stereocenters. The number of anilines is 1. The van der Waals surface area contributed by atoms with Crippen LogP contribution in [0.5, 0.6) is 5.75 Å². The van der Waals surface area contributed by atoms with Crippen LogP contribution in [0.1, 0.15) is 6.42 Å². The molecule has 0 aliphatic carbocycles. The molecule has 24 heavy (non-hydrogen) atoms. The summed E-state index contributed by atoms with van der Waals surface area (Å²) in [5, 5.41) is 2.79. The predicted molar refractivity (Wildman–Crippen MR) is 87.3 cm³/mol. The summed E-state index contributed by atoms with van der Waals surface area (Å²) < 4.78 is 50.9. The van der Waals surface area contributed by atoms with Crippen LogP contribution in [0.4, 0.5) is 14.5 Å². The fourth-order valence-corrected chi connectivity index (χ4v) is 4.01. The second-order valence-electron chi connectivity index (χ2n) is 5.07. The lowest BCUT2D eigenvalue weighted by atomic mass is 10.1. The van der Waals surface area contributed by atoms with Gasteiger partial charge in [0.1, 0.15) is 5.75 Å². The zero-order valence-corrected chi connectivity index (χ0v) is 13.9. The maximum atomic E-state index is 12.0. The third kappa shape index (κ3) is 5.57. The van der Waals surface area contributed by atoms with Crippen LogP contribution in [0.25, 0.3) is 0 Å². The molecule has 0 saturated carbocycles. The molecule has 132 valence electrons. The van der Waals surface area contributed by atoms with E-state index < -0.39 is 28.3 Å². The van der Waals surface area contributed by atoms with Gasteiger partial charge < -0.3 is 10.1 Å². The highest BCUT2D eigenvalue weighted by atomic mass is 32.2. The molecular formula is C13H15F2N3O4S2. The van der Waals surface area contributed by atoms with Gasteiger partial charge in [-0.15, -0.1) is 0 Å². The molecule has 3 N–H and O–H groups in total. The van der Waals surface area contributed by atoms with Crippen molar-refractivity contribution >= 4 is 38.8 Å². The van der Waals surface area contributed by atoms with Gasteiger partial charge in [-0.2, -0.15) is 8.78 Å². The summed E-state index contributed by atoms with van der Waals surface area (Å²) in [7, 11) is -3.14. The first-order valence-corrected chi connectivity index (χ1v) is 9.10. The van der Waals surface area contributed by atoms with E-state index in [0.29, 0.717) is 5.69 Å². The van der Waals surface area contributed by atoms with E-state index in [1.54, 1.807) is 0 Å². The van der Waals surface area contributed by atoms with Gasteiger partial charge in [0.05, 0.1) is 17.4 Å². The van der Waals surface area contributed by atoms with Crippen LogP contribution in [0, 0.1) is 5.92 Å².